The van der Waals surface area contributed by atoms with Crippen molar-refractivity contribution in [2.24, 2.45) is 0 Å². The van der Waals surface area contributed by atoms with Gasteiger partial charge in [-0.1, -0.05) is 0 Å². The van der Waals surface area contributed by atoms with Crippen molar-refractivity contribution in [3.05, 3.63) is 29.8 Å². The van der Waals surface area contributed by atoms with E-state index in [2.05, 4.69) is 0 Å². The zero-order valence-electron chi connectivity index (χ0n) is 9.64. The van der Waals surface area contributed by atoms with Gasteiger partial charge in [-0.05, 0) is 39.8 Å². The molecule has 84 valence electrons. The van der Waals surface area contributed by atoms with Crippen LogP contribution in [0.25, 0.3) is 0 Å². The molecule has 1 rings (SSSR count). The molecule has 0 aromatic heterocycles. The lowest BCUT2D eigenvalue weighted by Gasteiger charge is -2.37. The Balaban J connectivity index is 3.13. The smallest absolute Gasteiger partial charge is 0.149 e. The molecule has 0 saturated heterocycles. The summed E-state index contributed by atoms with van der Waals surface area (Å²) in [6.07, 6.45) is 0. The molecule has 0 heterocycles. The average Bonchev–Trinajstić information content (AvgIpc) is 2.07. The highest BCUT2D eigenvalue weighted by Crippen LogP contribution is 2.26. The average molecular weight is 213 g/mol. The fraction of sp³-hybridized carbons (Fsp3) is 0.500. The highest BCUT2D eigenvalue weighted by atomic mass is 19.1. The zero-order chi connectivity index (χ0) is 11.6. The van der Waals surface area contributed by atoms with Crippen molar-refractivity contribution >= 4 is 5.69 Å². The summed E-state index contributed by atoms with van der Waals surface area (Å²) in [5.74, 6) is -1.05. The van der Waals surface area contributed by atoms with Crippen LogP contribution in [-0.2, 0) is 0 Å². The molecule has 0 aliphatic rings. The van der Waals surface area contributed by atoms with Gasteiger partial charge in [-0.15, -0.1) is 0 Å². The van der Waals surface area contributed by atoms with Gasteiger partial charge < -0.3 is 4.90 Å². The van der Waals surface area contributed by atoms with Gasteiger partial charge in [0.2, 0.25) is 0 Å². The lowest BCUT2D eigenvalue weighted by atomic mass is 10.0. The van der Waals surface area contributed by atoms with E-state index in [0.29, 0.717) is 12.2 Å². The van der Waals surface area contributed by atoms with E-state index in [1.165, 1.54) is 12.1 Å². The van der Waals surface area contributed by atoms with Crippen molar-refractivity contribution in [2.45, 2.75) is 33.2 Å². The third kappa shape index (κ3) is 2.67. The molecule has 0 fully saturated rings. The van der Waals surface area contributed by atoms with Crippen molar-refractivity contribution in [1.29, 1.82) is 0 Å². The summed E-state index contributed by atoms with van der Waals surface area (Å²) in [4.78, 5) is 1.90. The van der Waals surface area contributed by atoms with Crippen LogP contribution in [0.2, 0.25) is 0 Å². The van der Waals surface area contributed by atoms with Crippen LogP contribution in [0.15, 0.2) is 18.2 Å². The molecule has 0 amide bonds. The Morgan fingerprint density at radius 1 is 1.20 bits per heavy atom. The minimum Gasteiger partial charge on any atom is -0.365 e. The molecular weight excluding hydrogens is 196 g/mol. The molecule has 1 nitrogen and oxygen atoms in total. The van der Waals surface area contributed by atoms with Crippen LogP contribution >= 0.6 is 0 Å². The molecule has 0 radical (unpaired) electrons. The summed E-state index contributed by atoms with van der Waals surface area (Å²) < 4.78 is 26.3. The van der Waals surface area contributed by atoms with Gasteiger partial charge in [-0.2, -0.15) is 0 Å². The maximum Gasteiger partial charge on any atom is 0.149 e. The van der Waals surface area contributed by atoms with E-state index < -0.39 is 11.6 Å². The summed E-state index contributed by atoms with van der Waals surface area (Å²) in [5, 5.41) is 0. The molecule has 0 bridgehead atoms. The first-order chi connectivity index (χ1) is 6.86. The van der Waals surface area contributed by atoms with Gasteiger partial charge in [0.15, 0.2) is 0 Å². The van der Waals surface area contributed by atoms with Crippen molar-refractivity contribution < 1.29 is 8.78 Å². The Hall–Kier alpha value is -1.12. The van der Waals surface area contributed by atoms with E-state index in [-0.39, 0.29) is 5.54 Å². The normalized spacial score (nSPS) is 11.6. The predicted octanol–water partition coefficient (Wildman–Crippen LogP) is 3.59. The Bertz CT molecular complexity index is 342. The Morgan fingerprint density at radius 3 is 2.20 bits per heavy atom. The number of rotatable bonds is 2. The Morgan fingerprint density at radius 2 is 1.80 bits per heavy atom. The SMILES string of the molecule is CCN(c1ccc(F)cc1F)C(C)(C)C. The molecule has 0 saturated carbocycles. The summed E-state index contributed by atoms with van der Waals surface area (Å²) >= 11 is 0. The minimum atomic E-state index is -0.541. The second-order valence-corrected chi connectivity index (χ2v) is 4.51. The van der Waals surface area contributed by atoms with Crippen LogP contribution in [0.4, 0.5) is 14.5 Å². The number of halogens is 2. The Kier molecular flexibility index (Phi) is 3.32. The van der Waals surface area contributed by atoms with Crippen molar-refractivity contribution in [2.75, 3.05) is 11.4 Å². The largest absolute Gasteiger partial charge is 0.365 e. The van der Waals surface area contributed by atoms with Crippen LogP contribution < -0.4 is 4.90 Å². The quantitative estimate of drug-likeness (QED) is 0.725. The van der Waals surface area contributed by atoms with Gasteiger partial charge in [-0.25, -0.2) is 8.78 Å². The van der Waals surface area contributed by atoms with E-state index in [1.54, 1.807) is 0 Å². The summed E-state index contributed by atoms with van der Waals surface area (Å²) in [5.41, 5.74) is 0.277. The lowest BCUT2D eigenvalue weighted by molar-refractivity contribution is 0.496. The second-order valence-electron chi connectivity index (χ2n) is 4.51. The fourth-order valence-corrected chi connectivity index (χ4v) is 1.71. The van der Waals surface area contributed by atoms with Gasteiger partial charge in [0.25, 0.3) is 0 Å². The molecule has 0 aliphatic carbocycles. The van der Waals surface area contributed by atoms with Gasteiger partial charge in [0, 0.05) is 18.2 Å². The van der Waals surface area contributed by atoms with Crippen LogP contribution in [0.5, 0.6) is 0 Å². The van der Waals surface area contributed by atoms with E-state index in [0.717, 1.165) is 6.07 Å². The Labute approximate surface area is 89.7 Å². The van der Waals surface area contributed by atoms with Gasteiger partial charge in [0.1, 0.15) is 11.6 Å². The number of nitrogens with zero attached hydrogens (tertiary/aromatic N) is 1. The van der Waals surface area contributed by atoms with E-state index in [1.807, 2.05) is 32.6 Å². The number of benzene rings is 1. The monoisotopic (exact) mass is 213 g/mol. The van der Waals surface area contributed by atoms with Crippen molar-refractivity contribution in [3.8, 4) is 0 Å². The third-order valence-corrected chi connectivity index (χ3v) is 2.33. The summed E-state index contributed by atoms with van der Waals surface area (Å²) in [6, 6.07) is 3.69. The molecule has 0 atom stereocenters. The van der Waals surface area contributed by atoms with Crippen LogP contribution in [0, 0.1) is 11.6 Å². The standard InChI is InChI=1S/C12H17F2N/c1-5-15(12(2,3)4)11-7-6-9(13)8-10(11)14/h6-8H,5H2,1-4H3. The molecule has 0 N–H and O–H groups in total. The first kappa shape index (κ1) is 12.0. The summed E-state index contributed by atoms with van der Waals surface area (Å²) in [7, 11) is 0. The number of hydrogen-bond acceptors (Lipinski definition) is 1. The minimum absolute atomic E-state index is 0.173. The molecule has 3 heteroatoms. The predicted molar refractivity (Wildman–Crippen MR) is 59.1 cm³/mol. The van der Waals surface area contributed by atoms with Crippen LogP contribution in [-0.4, -0.2) is 12.1 Å². The zero-order valence-corrected chi connectivity index (χ0v) is 9.64. The molecule has 0 spiro atoms. The number of hydrogen-bond donors (Lipinski definition) is 0. The van der Waals surface area contributed by atoms with Crippen molar-refractivity contribution in [1.82, 2.24) is 0 Å². The molecule has 1 aromatic rings. The van der Waals surface area contributed by atoms with Gasteiger partial charge in [0.05, 0.1) is 5.69 Å². The molecule has 15 heavy (non-hydrogen) atoms. The fourth-order valence-electron chi connectivity index (χ4n) is 1.71. The van der Waals surface area contributed by atoms with Gasteiger partial charge in [-0.3, -0.25) is 0 Å². The van der Waals surface area contributed by atoms with E-state index in [9.17, 15) is 8.78 Å². The molecule has 0 unspecified atom stereocenters. The second kappa shape index (κ2) is 4.17. The topological polar surface area (TPSA) is 3.24 Å². The maximum absolute atomic E-state index is 13.5. The first-order valence-corrected chi connectivity index (χ1v) is 5.09. The van der Waals surface area contributed by atoms with E-state index in [4.69, 9.17) is 0 Å². The first-order valence-electron chi connectivity index (χ1n) is 5.09. The molecule has 1 aromatic carbocycles. The maximum atomic E-state index is 13.5. The molecule has 0 aliphatic heterocycles. The van der Waals surface area contributed by atoms with Crippen LogP contribution in [0.1, 0.15) is 27.7 Å². The van der Waals surface area contributed by atoms with E-state index >= 15 is 0 Å². The highest BCUT2D eigenvalue weighted by Gasteiger charge is 2.22. The third-order valence-electron chi connectivity index (χ3n) is 2.33. The van der Waals surface area contributed by atoms with Crippen LogP contribution in [0.3, 0.4) is 0 Å². The number of anilines is 1. The molecular formula is C12H17F2N. The summed E-state index contributed by atoms with van der Waals surface area (Å²) in [6.45, 7) is 8.64. The highest BCUT2D eigenvalue weighted by molar-refractivity contribution is 5.49. The lowest BCUT2D eigenvalue weighted by Crippen LogP contribution is -2.41. The van der Waals surface area contributed by atoms with Crippen molar-refractivity contribution in [3.63, 3.8) is 0 Å². The van der Waals surface area contributed by atoms with Gasteiger partial charge >= 0.3 is 0 Å².